The minimum Gasteiger partial charge on any atom is -0.492 e. The van der Waals surface area contributed by atoms with Crippen LogP contribution in [0.1, 0.15) is 93.0 Å². The first-order valence-corrected chi connectivity index (χ1v) is 20.9. The second kappa shape index (κ2) is 16.7. The highest BCUT2D eigenvalue weighted by Crippen LogP contribution is 2.52. The lowest BCUT2D eigenvalue weighted by Crippen LogP contribution is -2.71. The van der Waals surface area contributed by atoms with E-state index >= 15 is 0 Å². The number of hydrogen-bond acceptors (Lipinski definition) is 18. The second-order valence-electron chi connectivity index (χ2n) is 16.6. The molecule has 0 radical (unpaired) electrons. The number of rotatable bonds is 10. The van der Waals surface area contributed by atoms with E-state index in [0.717, 1.165) is 0 Å². The van der Waals surface area contributed by atoms with Gasteiger partial charge >= 0.3 is 5.91 Å². The SMILES string of the molecule is NC1=NC(=O)C2=NCN(c3ccccc3C3C=COC4(CCCC4)C4OC(Oc5c3cc3c(c5OCC(O)CC=O)C(=O)c5cc(CO)ccc5C3=O)C(O)(CCO)C(O)C4O)C2=N1. The van der Waals surface area contributed by atoms with Crippen LogP contribution in [0.5, 0.6) is 11.5 Å². The summed E-state index contributed by atoms with van der Waals surface area (Å²) in [4.78, 5) is 68.1. The molecule has 7 unspecified atom stereocenters. The van der Waals surface area contributed by atoms with Crippen LogP contribution < -0.4 is 20.1 Å². The van der Waals surface area contributed by atoms with Crippen LogP contribution in [0, 0.1) is 0 Å². The molecule has 6 aliphatic rings. The number of carbonyl (C=O) groups is 4. The molecular formula is C45H45N5O14. The summed E-state index contributed by atoms with van der Waals surface area (Å²) < 4.78 is 26.2. The van der Waals surface area contributed by atoms with Gasteiger partial charge < -0.3 is 65.0 Å². The summed E-state index contributed by atoms with van der Waals surface area (Å²) >= 11 is 0. The molecule has 2 bridgehead atoms. The number of anilines is 1. The number of nitrogens with zero attached hydrogens (tertiary/aromatic N) is 4. The molecule has 9 rings (SSSR count). The van der Waals surface area contributed by atoms with Gasteiger partial charge in [0.15, 0.2) is 40.2 Å². The van der Waals surface area contributed by atoms with E-state index in [1.54, 1.807) is 35.2 Å². The normalized spacial score (nSPS) is 27.2. The zero-order valence-corrected chi connectivity index (χ0v) is 34.2. The molecule has 0 aromatic heterocycles. The molecule has 1 spiro atoms. The number of amides is 1. The summed E-state index contributed by atoms with van der Waals surface area (Å²) in [6.07, 6.45) is -3.84. The Hall–Kier alpha value is -6.19. The van der Waals surface area contributed by atoms with Gasteiger partial charge in [-0.15, -0.1) is 0 Å². The molecule has 3 aromatic rings. The number of ether oxygens (including phenoxy) is 4. The summed E-state index contributed by atoms with van der Waals surface area (Å²) in [7, 11) is 0. The summed E-state index contributed by atoms with van der Waals surface area (Å²) in [6.45, 7) is -1.84. The Kier molecular flexibility index (Phi) is 11.3. The van der Waals surface area contributed by atoms with Gasteiger partial charge in [0.2, 0.25) is 12.2 Å². The first-order valence-electron chi connectivity index (χ1n) is 20.9. The monoisotopic (exact) mass is 879 g/mol. The predicted molar refractivity (Wildman–Crippen MR) is 224 cm³/mol. The molecule has 64 heavy (non-hydrogen) atoms. The van der Waals surface area contributed by atoms with Crippen molar-refractivity contribution in [1.82, 2.24) is 0 Å². The van der Waals surface area contributed by atoms with Gasteiger partial charge in [-0.2, -0.15) is 9.98 Å². The smallest absolute Gasteiger partial charge is 0.302 e. The summed E-state index contributed by atoms with van der Waals surface area (Å²) in [5.74, 6) is -3.98. The molecule has 19 nitrogen and oxygen atoms in total. The molecule has 8 N–H and O–H groups in total. The second-order valence-corrected chi connectivity index (χ2v) is 16.6. The Morgan fingerprint density at radius 3 is 2.52 bits per heavy atom. The minimum atomic E-state index is -2.53. The lowest BCUT2D eigenvalue weighted by molar-refractivity contribution is -0.342. The van der Waals surface area contributed by atoms with Gasteiger partial charge in [-0.25, -0.2) is 0 Å². The fourth-order valence-corrected chi connectivity index (χ4v) is 9.55. The molecule has 4 aliphatic heterocycles. The largest absolute Gasteiger partial charge is 0.492 e. The summed E-state index contributed by atoms with van der Waals surface area (Å²) in [5, 5.41) is 67.0. The van der Waals surface area contributed by atoms with Crippen LogP contribution in [0.15, 0.2) is 75.8 Å². The summed E-state index contributed by atoms with van der Waals surface area (Å²) in [6, 6.07) is 12.7. The molecular weight excluding hydrogens is 835 g/mol. The number of benzene rings is 3. The van der Waals surface area contributed by atoms with Crippen LogP contribution in [-0.2, 0) is 25.7 Å². The molecule has 2 fully saturated rings. The van der Waals surface area contributed by atoms with Crippen molar-refractivity contribution in [3.8, 4) is 11.5 Å². The number of aliphatic hydroxyl groups is 6. The van der Waals surface area contributed by atoms with Gasteiger partial charge in [-0.05, 0) is 67.2 Å². The third kappa shape index (κ3) is 7.00. The number of fused-ring (bicyclic) bond motifs is 7. The van der Waals surface area contributed by atoms with E-state index in [2.05, 4.69) is 15.0 Å². The van der Waals surface area contributed by atoms with E-state index in [9.17, 15) is 49.8 Å². The fraction of sp³-hybridized carbons (Fsp3) is 0.400. The van der Waals surface area contributed by atoms with Crippen LogP contribution in [0.4, 0.5) is 5.69 Å². The number of carbonyl (C=O) groups excluding carboxylic acids is 4. The Morgan fingerprint density at radius 2 is 1.77 bits per heavy atom. The number of aliphatic imine (C=N–C) groups is 3. The first-order chi connectivity index (χ1) is 30.8. The number of aliphatic hydroxyl groups excluding tert-OH is 5. The van der Waals surface area contributed by atoms with Crippen LogP contribution in [0.25, 0.3) is 0 Å². The van der Waals surface area contributed by atoms with Crippen LogP contribution in [-0.4, -0.2) is 134 Å². The Labute approximate surface area is 364 Å². The first kappa shape index (κ1) is 43.1. The van der Waals surface area contributed by atoms with Crippen molar-refractivity contribution in [2.45, 2.75) is 93.0 Å². The van der Waals surface area contributed by atoms with E-state index in [0.29, 0.717) is 48.8 Å². The topological polar surface area (TPSA) is 293 Å². The van der Waals surface area contributed by atoms with Crippen molar-refractivity contribution in [1.29, 1.82) is 0 Å². The van der Waals surface area contributed by atoms with Gasteiger partial charge in [-0.3, -0.25) is 19.4 Å². The number of para-hydroxylation sites is 1. The standard InChI is InChI=1S/C45H45N5O14/c46-43-48-40-32(41(59)49-43)47-21-50(40)30-6-2-1-5-25(30)24-10-16-62-44(11-3-4-12-44)39-35(57)38(58)45(60,13-15-52)42(64-39)63-36-28(24)18-29-31(37(36)61-20-23(54)9-14-51)34(56)27-17-22(19-53)7-8-26(27)33(29)55/h1-2,5-8,10,14,16-18,23-24,35,38-39,42,52-54,57-58,60H,3-4,9,11-13,15,19-21H2,(H2,46,49,59). The average molecular weight is 880 g/mol. The Morgan fingerprint density at radius 1 is 0.984 bits per heavy atom. The Balaban J connectivity index is 1.33. The molecule has 3 aromatic carbocycles. The van der Waals surface area contributed by atoms with Gasteiger partial charge in [-0.1, -0.05) is 24.3 Å². The molecule has 1 amide bonds. The van der Waals surface area contributed by atoms with Crippen LogP contribution in [0.3, 0.4) is 0 Å². The quantitative estimate of drug-likeness (QED) is 0.108. The number of amidine groups is 1. The number of hydrogen-bond donors (Lipinski definition) is 7. The maximum Gasteiger partial charge on any atom is 0.302 e. The maximum absolute atomic E-state index is 14.8. The summed E-state index contributed by atoms with van der Waals surface area (Å²) in [5.41, 5.74) is 2.92. The predicted octanol–water partition coefficient (Wildman–Crippen LogP) is 0.683. The lowest BCUT2D eigenvalue weighted by atomic mass is 9.78. The lowest BCUT2D eigenvalue weighted by Gasteiger charge is -2.51. The van der Waals surface area contributed by atoms with Crippen molar-refractivity contribution >= 4 is 47.0 Å². The highest BCUT2D eigenvalue weighted by atomic mass is 16.7. The molecule has 1 saturated heterocycles. The zero-order valence-electron chi connectivity index (χ0n) is 34.2. The molecule has 334 valence electrons. The van der Waals surface area contributed by atoms with E-state index in [4.69, 9.17) is 24.7 Å². The molecule has 2 aliphatic carbocycles. The van der Waals surface area contributed by atoms with E-state index in [1.165, 1.54) is 30.5 Å². The molecule has 7 atom stereocenters. The highest BCUT2D eigenvalue weighted by Gasteiger charge is 2.62. The zero-order chi connectivity index (χ0) is 45.1. The van der Waals surface area contributed by atoms with E-state index in [1.807, 2.05) is 0 Å². The van der Waals surface area contributed by atoms with Gasteiger partial charge in [0, 0.05) is 53.3 Å². The van der Waals surface area contributed by atoms with Crippen molar-refractivity contribution in [2.24, 2.45) is 20.7 Å². The van der Waals surface area contributed by atoms with Crippen LogP contribution in [0.2, 0.25) is 0 Å². The third-order valence-electron chi connectivity index (χ3n) is 12.8. The molecule has 1 saturated carbocycles. The number of nitrogens with two attached hydrogens (primary N) is 1. The fourth-order valence-electron chi connectivity index (χ4n) is 9.55. The van der Waals surface area contributed by atoms with Crippen molar-refractivity contribution in [3.05, 3.63) is 99.8 Å². The Bertz CT molecular complexity index is 2570. The van der Waals surface area contributed by atoms with Gasteiger partial charge in [0.05, 0.1) is 24.5 Å². The molecule has 4 heterocycles. The average Bonchev–Trinajstić information content (AvgIpc) is 3.94. The maximum atomic E-state index is 14.8. The third-order valence-corrected chi connectivity index (χ3v) is 12.8. The number of guanidine groups is 1. The van der Waals surface area contributed by atoms with Crippen LogP contribution >= 0.6 is 0 Å². The van der Waals surface area contributed by atoms with E-state index in [-0.39, 0.29) is 64.2 Å². The minimum absolute atomic E-state index is 0.0204. The number of aldehydes is 1. The van der Waals surface area contributed by atoms with Crippen molar-refractivity contribution < 1.29 is 68.8 Å². The number of ketones is 2. The van der Waals surface area contributed by atoms with Gasteiger partial charge in [0.1, 0.15) is 43.5 Å². The molecule has 19 heteroatoms. The highest BCUT2D eigenvalue weighted by molar-refractivity contribution is 6.72. The van der Waals surface area contributed by atoms with Crippen molar-refractivity contribution in [2.75, 3.05) is 24.8 Å². The van der Waals surface area contributed by atoms with E-state index < -0.39 is 97.3 Å². The number of allylic oxidation sites excluding steroid dienone is 1. The van der Waals surface area contributed by atoms with Crippen molar-refractivity contribution in [3.63, 3.8) is 0 Å². The van der Waals surface area contributed by atoms with Gasteiger partial charge in [0.25, 0.3) is 0 Å².